The number of H-pyrrole nitrogens is 1. The number of amides is 1. The van der Waals surface area contributed by atoms with Crippen molar-refractivity contribution < 1.29 is 4.79 Å². The maximum absolute atomic E-state index is 11.9. The van der Waals surface area contributed by atoms with Gasteiger partial charge in [-0.05, 0) is 20.8 Å². The number of aromatic amines is 1. The molecule has 0 aliphatic rings. The van der Waals surface area contributed by atoms with Gasteiger partial charge in [-0.3, -0.25) is 9.89 Å². The molecule has 2 heterocycles. The van der Waals surface area contributed by atoms with Crippen LogP contribution in [-0.2, 0) is 4.79 Å². The zero-order chi connectivity index (χ0) is 14.5. The summed E-state index contributed by atoms with van der Waals surface area (Å²) < 4.78 is 1.94. The maximum Gasteiger partial charge on any atom is 0.230 e. The Morgan fingerprint density at radius 1 is 1.50 bits per heavy atom. The van der Waals surface area contributed by atoms with Gasteiger partial charge in [-0.1, -0.05) is 11.8 Å². The number of nitrogens with zero attached hydrogens (tertiary/aromatic N) is 4. The second-order valence-electron chi connectivity index (χ2n) is 4.72. The van der Waals surface area contributed by atoms with E-state index < -0.39 is 0 Å². The minimum Gasteiger partial charge on any atom is -0.349 e. The molecule has 0 spiro atoms. The first-order valence-corrected chi connectivity index (χ1v) is 7.37. The first kappa shape index (κ1) is 14.6. The fourth-order valence-corrected chi connectivity index (χ4v) is 2.54. The Morgan fingerprint density at radius 3 is 2.95 bits per heavy atom. The van der Waals surface area contributed by atoms with Crippen LogP contribution in [-0.4, -0.2) is 36.6 Å². The lowest BCUT2D eigenvalue weighted by atomic mass is 10.2. The second kappa shape index (κ2) is 6.56. The van der Waals surface area contributed by atoms with Gasteiger partial charge in [-0.25, -0.2) is 0 Å². The molecule has 0 aliphatic carbocycles. The number of carbonyl (C=O) groups is 1. The van der Waals surface area contributed by atoms with E-state index in [0.29, 0.717) is 5.75 Å². The minimum atomic E-state index is -0.0650. The molecular weight excluding hydrogens is 276 g/mol. The summed E-state index contributed by atoms with van der Waals surface area (Å²) in [7, 11) is 0. The standard InChI is InChI=1S/C12H18N6OS/c1-8(2)18-7-15-17-12(18)20-6-11(19)16-9(3)10-4-13-14-5-10/h4-5,7-9H,6H2,1-3H3,(H,13,14)(H,16,19). The predicted molar refractivity (Wildman–Crippen MR) is 76.3 cm³/mol. The zero-order valence-corrected chi connectivity index (χ0v) is 12.5. The molecular formula is C12H18N6OS. The summed E-state index contributed by atoms with van der Waals surface area (Å²) in [6, 6.07) is 0.213. The number of aromatic nitrogens is 5. The molecule has 2 N–H and O–H groups in total. The summed E-state index contributed by atoms with van der Waals surface area (Å²) in [4.78, 5) is 11.9. The Hall–Kier alpha value is -1.83. The van der Waals surface area contributed by atoms with Crippen molar-refractivity contribution in [3.63, 3.8) is 0 Å². The predicted octanol–water partition coefficient (Wildman–Crippen LogP) is 1.55. The van der Waals surface area contributed by atoms with Crippen molar-refractivity contribution in [2.75, 3.05) is 5.75 Å². The van der Waals surface area contributed by atoms with E-state index in [1.165, 1.54) is 11.8 Å². The molecule has 0 saturated heterocycles. The fraction of sp³-hybridized carbons (Fsp3) is 0.500. The van der Waals surface area contributed by atoms with Crippen LogP contribution in [0.4, 0.5) is 0 Å². The van der Waals surface area contributed by atoms with E-state index in [-0.39, 0.29) is 18.0 Å². The summed E-state index contributed by atoms with van der Waals surface area (Å²) in [5.41, 5.74) is 0.952. The van der Waals surface area contributed by atoms with Gasteiger partial charge in [0.05, 0.1) is 18.0 Å². The Morgan fingerprint density at radius 2 is 2.30 bits per heavy atom. The Kier molecular flexibility index (Phi) is 4.78. The van der Waals surface area contributed by atoms with Crippen molar-refractivity contribution in [1.29, 1.82) is 0 Å². The van der Waals surface area contributed by atoms with Gasteiger partial charge in [-0.15, -0.1) is 10.2 Å². The van der Waals surface area contributed by atoms with Crippen LogP contribution in [0.25, 0.3) is 0 Å². The largest absolute Gasteiger partial charge is 0.349 e. The topological polar surface area (TPSA) is 88.5 Å². The number of thioether (sulfide) groups is 1. The minimum absolute atomic E-state index is 0.0398. The quantitative estimate of drug-likeness (QED) is 0.789. The summed E-state index contributed by atoms with van der Waals surface area (Å²) >= 11 is 1.38. The van der Waals surface area contributed by atoms with Crippen molar-refractivity contribution >= 4 is 17.7 Å². The third-order valence-corrected chi connectivity index (χ3v) is 3.78. The highest BCUT2D eigenvalue weighted by molar-refractivity contribution is 7.99. The fourth-order valence-electron chi connectivity index (χ4n) is 1.68. The molecule has 8 heteroatoms. The van der Waals surface area contributed by atoms with Gasteiger partial charge < -0.3 is 9.88 Å². The van der Waals surface area contributed by atoms with E-state index in [4.69, 9.17) is 0 Å². The van der Waals surface area contributed by atoms with Crippen LogP contribution in [0.2, 0.25) is 0 Å². The summed E-state index contributed by atoms with van der Waals surface area (Å²) in [6.07, 6.45) is 5.15. The molecule has 0 bridgehead atoms. The van der Waals surface area contributed by atoms with E-state index in [1.54, 1.807) is 18.7 Å². The zero-order valence-electron chi connectivity index (χ0n) is 11.7. The van der Waals surface area contributed by atoms with Crippen LogP contribution in [0.1, 0.15) is 38.4 Å². The molecule has 108 valence electrons. The number of rotatable bonds is 6. The van der Waals surface area contributed by atoms with Crippen LogP contribution in [0.5, 0.6) is 0 Å². The van der Waals surface area contributed by atoms with E-state index in [9.17, 15) is 4.79 Å². The van der Waals surface area contributed by atoms with E-state index in [0.717, 1.165) is 10.7 Å². The summed E-state index contributed by atoms with van der Waals surface area (Å²) in [6.45, 7) is 6.02. The monoisotopic (exact) mass is 294 g/mol. The Labute approximate surface area is 121 Å². The molecule has 2 aromatic heterocycles. The number of carbonyl (C=O) groups excluding carboxylic acids is 1. The number of hydrogen-bond acceptors (Lipinski definition) is 5. The first-order valence-electron chi connectivity index (χ1n) is 6.38. The Balaban J connectivity index is 1.85. The average Bonchev–Trinajstić information content (AvgIpc) is 3.07. The van der Waals surface area contributed by atoms with Gasteiger partial charge in [0.2, 0.25) is 5.91 Å². The smallest absolute Gasteiger partial charge is 0.230 e. The van der Waals surface area contributed by atoms with Crippen LogP contribution in [0.15, 0.2) is 23.9 Å². The molecule has 0 saturated carbocycles. The van der Waals surface area contributed by atoms with E-state index in [2.05, 4.69) is 39.6 Å². The lowest BCUT2D eigenvalue weighted by Gasteiger charge is -2.12. The van der Waals surface area contributed by atoms with Crippen molar-refractivity contribution in [3.8, 4) is 0 Å². The second-order valence-corrected chi connectivity index (χ2v) is 5.67. The van der Waals surface area contributed by atoms with Crippen molar-refractivity contribution in [1.82, 2.24) is 30.3 Å². The van der Waals surface area contributed by atoms with Gasteiger partial charge in [-0.2, -0.15) is 5.10 Å². The number of nitrogens with one attached hydrogen (secondary N) is 2. The molecule has 2 rings (SSSR count). The van der Waals surface area contributed by atoms with E-state index >= 15 is 0 Å². The molecule has 0 fully saturated rings. The van der Waals surface area contributed by atoms with Crippen LogP contribution in [0, 0.1) is 0 Å². The summed E-state index contributed by atoms with van der Waals surface area (Å²) in [5.74, 6) is 0.273. The van der Waals surface area contributed by atoms with Crippen LogP contribution < -0.4 is 5.32 Å². The van der Waals surface area contributed by atoms with Crippen molar-refractivity contribution in [3.05, 3.63) is 24.3 Å². The van der Waals surface area contributed by atoms with E-state index in [1.807, 2.05) is 11.5 Å². The maximum atomic E-state index is 11.9. The van der Waals surface area contributed by atoms with Crippen LogP contribution >= 0.6 is 11.8 Å². The van der Waals surface area contributed by atoms with Gasteiger partial charge in [0, 0.05) is 17.8 Å². The van der Waals surface area contributed by atoms with Crippen molar-refractivity contribution in [2.45, 2.75) is 38.0 Å². The normalized spacial score (nSPS) is 12.6. The molecule has 1 amide bonds. The molecule has 0 aliphatic heterocycles. The molecule has 1 atom stereocenters. The van der Waals surface area contributed by atoms with Gasteiger partial charge >= 0.3 is 0 Å². The SMILES string of the molecule is CC(NC(=O)CSc1nncn1C(C)C)c1cn[nH]c1. The molecule has 1 unspecified atom stereocenters. The molecule has 2 aromatic rings. The third-order valence-electron chi connectivity index (χ3n) is 2.83. The summed E-state index contributed by atoms with van der Waals surface area (Å²) in [5, 5.41) is 18.2. The highest BCUT2D eigenvalue weighted by Crippen LogP contribution is 2.18. The highest BCUT2D eigenvalue weighted by Gasteiger charge is 2.13. The van der Waals surface area contributed by atoms with Gasteiger partial charge in [0.25, 0.3) is 0 Å². The first-order chi connectivity index (χ1) is 9.58. The molecule has 0 radical (unpaired) electrons. The van der Waals surface area contributed by atoms with Crippen LogP contribution in [0.3, 0.4) is 0 Å². The highest BCUT2D eigenvalue weighted by atomic mass is 32.2. The molecule has 7 nitrogen and oxygen atoms in total. The Bertz CT molecular complexity index is 550. The molecule has 0 aromatic carbocycles. The average molecular weight is 294 g/mol. The third kappa shape index (κ3) is 3.60. The van der Waals surface area contributed by atoms with Gasteiger partial charge in [0.1, 0.15) is 6.33 Å². The van der Waals surface area contributed by atoms with Gasteiger partial charge in [0.15, 0.2) is 5.16 Å². The number of hydrogen-bond donors (Lipinski definition) is 2. The lowest BCUT2D eigenvalue weighted by Crippen LogP contribution is -2.28. The molecule has 20 heavy (non-hydrogen) atoms. The lowest BCUT2D eigenvalue weighted by molar-refractivity contribution is -0.119. The van der Waals surface area contributed by atoms with Crippen molar-refractivity contribution in [2.24, 2.45) is 0 Å².